The lowest BCUT2D eigenvalue weighted by Gasteiger charge is -2.16. The Bertz CT molecular complexity index is 772. The van der Waals surface area contributed by atoms with Gasteiger partial charge >= 0.3 is 0 Å². The molecule has 0 aliphatic carbocycles. The van der Waals surface area contributed by atoms with Gasteiger partial charge in [-0.05, 0) is 36.8 Å². The molecule has 1 unspecified atom stereocenters. The minimum atomic E-state index is -0.986. The van der Waals surface area contributed by atoms with E-state index in [9.17, 15) is 18.9 Å². The molecular weight excluding hydrogens is 292 g/mol. The lowest BCUT2D eigenvalue weighted by atomic mass is 10.1. The first kappa shape index (κ1) is 15.4. The molecule has 7 heteroatoms. The Hall–Kier alpha value is -3.01. The number of anilines is 1. The first-order valence-corrected chi connectivity index (χ1v) is 6.32. The number of halogens is 2. The summed E-state index contributed by atoms with van der Waals surface area (Å²) in [4.78, 5) is 10.4. The highest BCUT2D eigenvalue weighted by atomic mass is 19.2. The number of nitrogens with one attached hydrogen (secondary N) is 1. The summed E-state index contributed by atoms with van der Waals surface area (Å²) in [5.74, 6) is -1.94. The van der Waals surface area contributed by atoms with Crippen molar-refractivity contribution in [2.45, 2.75) is 13.0 Å². The van der Waals surface area contributed by atoms with Gasteiger partial charge in [0.2, 0.25) is 0 Å². The third-order valence-electron chi connectivity index (χ3n) is 3.14. The third-order valence-corrected chi connectivity index (χ3v) is 3.14. The molecule has 0 bridgehead atoms. The zero-order valence-electron chi connectivity index (χ0n) is 11.5. The molecule has 0 fully saturated rings. The molecule has 0 aliphatic rings. The lowest BCUT2D eigenvalue weighted by Crippen LogP contribution is -2.09. The third kappa shape index (κ3) is 3.17. The number of benzene rings is 2. The van der Waals surface area contributed by atoms with Crippen molar-refractivity contribution < 1.29 is 13.7 Å². The maximum absolute atomic E-state index is 13.2. The van der Waals surface area contributed by atoms with Gasteiger partial charge in [0.15, 0.2) is 11.6 Å². The topological polar surface area (TPSA) is 79.0 Å². The van der Waals surface area contributed by atoms with Crippen molar-refractivity contribution in [3.63, 3.8) is 0 Å². The molecule has 1 N–H and O–H groups in total. The second kappa shape index (κ2) is 6.18. The van der Waals surface area contributed by atoms with Gasteiger partial charge in [0.25, 0.3) is 5.69 Å². The molecule has 2 aromatic carbocycles. The molecule has 0 aromatic heterocycles. The number of nitrogens with zero attached hydrogens (tertiary/aromatic N) is 2. The van der Waals surface area contributed by atoms with Crippen LogP contribution < -0.4 is 5.32 Å². The van der Waals surface area contributed by atoms with Crippen LogP contribution >= 0.6 is 0 Å². The minimum absolute atomic E-state index is 0.165. The van der Waals surface area contributed by atoms with Crippen molar-refractivity contribution in [2.75, 3.05) is 5.32 Å². The number of nitro benzene ring substituents is 1. The Morgan fingerprint density at radius 3 is 2.55 bits per heavy atom. The first-order valence-electron chi connectivity index (χ1n) is 6.32. The van der Waals surface area contributed by atoms with Crippen LogP contribution in [0.4, 0.5) is 20.2 Å². The van der Waals surface area contributed by atoms with E-state index in [1.54, 1.807) is 6.92 Å². The van der Waals surface area contributed by atoms with Gasteiger partial charge in [-0.15, -0.1) is 0 Å². The first-order chi connectivity index (χ1) is 10.4. The Labute approximate surface area is 125 Å². The van der Waals surface area contributed by atoms with Crippen molar-refractivity contribution in [1.82, 2.24) is 0 Å². The molecule has 0 aliphatic heterocycles. The van der Waals surface area contributed by atoms with E-state index in [4.69, 9.17) is 5.26 Å². The molecule has 1 atom stereocenters. The number of rotatable bonds is 4. The van der Waals surface area contributed by atoms with E-state index >= 15 is 0 Å². The second-order valence-corrected chi connectivity index (χ2v) is 4.64. The molecule has 0 radical (unpaired) electrons. The summed E-state index contributed by atoms with van der Waals surface area (Å²) in [5, 5.41) is 22.7. The maximum Gasteiger partial charge on any atom is 0.293 e. The molecular formula is C15H11F2N3O2. The van der Waals surface area contributed by atoms with Crippen LogP contribution in [-0.4, -0.2) is 4.92 Å². The Balaban J connectivity index is 2.31. The zero-order valence-corrected chi connectivity index (χ0v) is 11.5. The number of nitriles is 1. The van der Waals surface area contributed by atoms with Gasteiger partial charge in [0.1, 0.15) is 5.69 Å². The fourth-order valence-electron chi connectivity index (χ4n) is 1.97. The summed E-state index contributed by atoms with van der Waals surface area (Å²) in [6, 6.07) is 8.76. The Morgan fingerprint density at radius 1 is 1.23 bits per heavy atom. The van der Waals surface area contributed by atoms with Crippen LogP contribution in [0, 0.1) is 33.1 Å². The van der Waals surface area contributed by atoms with E-state index in [0.29, 0.717) is 5.56 Å². The lowest BCUT2D eigenvalue weighted by molar-refractivity contribution is -0.384. The Morgan fingerprint density at radius 2 is 1.95 bits per heavy atom. The SMILES string of the molecule is CC(Nc1ccc(C#N)cc1[N+](=O)[O-])c1ccc(F)c(F)c1. The number of hydrogen-bond acceptors (Lipinski definition) is 4. The molecule has 2 rings (SSSR count). The summed E-state index contributed by atoms with van der Waals surface area (Å²) in [6.45, 7) is 1.66. The predicted octanol–water partition coefficient (Wildman–Crippen LogP) is 3.92. The van der Waals surface area contributed by atoms with E-state index in [1.165, 1.54) is 18.2 Å². The predicted molar refractivity (Wildman–Crippen MR) is 76.2 cm³/mol. The number of nitro groups is 1. The average Bonchev–Trinajstić information content (AvgIpc) is 2.50. The van der Waals surface area contributed by atoms with Crippen molar-refractivity contribution >= 4 is 11.4 Å². The van der Waals surface area contributed by atoms with E-state index in [2.05, 4.69) is 5.32 Å². The summed E-state index contributed by atoms with van der Waals surface area (Å²) in [5.41, 5.74) is 0.546. The molecule has 0 heterocycles. The fourth-order valence-corrected chi connectivity index (χ4v) is 1.97. The van der Waals surface area contributed by atoms with Gasteiger partial charge in [0.05, 0.1) is 16.6 Å². The summed E-state index contributed by atoms with van der Waals surface area (Å²) < 4.78 is 26.2. The van der Waals surface area contributed by atoms with Crippen LogP contribution in [0.15, 0.2) is 36.4 Å². The molecule has 0 saturated carbocycles. The highest BCUT2D eigenvalue weighted by Gasteiger charge is 2.17. The van der Waals surface area contributed by atoms with Crippen LogP contribution in [0.3, 0.4) is 0 Å². The summed E-state index contributed by atoms with van der Waals surface area (Å²) in [6.07, 6.45) is 0. The standard InChI is InChI=1S/C15H11F2N3O2/c1-9(11-3-4-12(16)13(17)7-11)19-14-5-2-10(8-18)6-15(14)20(21)22/h2-7,9,19H,1H3. The zero-order chi connectivity index (χ0) is 16.3. The molecule has 22 heavy (non-hydrogen) atoms. The molecule has 0 amide bonds. The fraction of sp³-hybridized carbons (Fsp3) is 0.133. The highest BCUT2D eigenvalue weighted by Crippen LogP contribution is 2.29. The van der Waals surface area contributed by atoms with Gasteiger partial charge in [-0.3, -0.25) is 10.1 Å². The van der Waals surface area contributed by atoms with E-state index < -0.39 is 22.6 Å². The van der Waals surface area contributed by atoms with Gasteiger partial charge < -0.3 is 5.32 Å². The quantitative estimate of drug-likeness (QED) is 0.686. The molecule has 112 valence electrons. The minimum Gasteiger partial charge on any atom is -0.373 e. The molecule has 5 nitrogen and oxygen atoms in total. The van der Waals surface area contributed by atoms with E-state index in [1.807, 2.05) is 6.07 Å². The highest BCUT2D eigenvalue weighted by molar-refractivity contribution is 5.64. The largest absolute Gasteiger partial charge is 0.373 e. The summed E-state index contributed by atoms with van der Waals surface area (Å²) >= 11 is 0. The second-order valence-electron chi connectivity index (χ2n) is 4.64. The van der Waals surface area contributed by atoms with Gasteiger partial charge in [-0.1, -0.05) is 6.07 Å². The van der Waals surface area contributed by atoms with Crippen LogP contribution in [0.1, 0.15) is 24.1 Å². The van der Waals surface area contributed by atoms with Gasteiger partial charge in [0, 0.05) is 12.1 Å². The monoisotopic (exact) mass is 303 g/mol. The normalized spacial score (nSPS) is 11.5. The molecule has 0 saturated heterocycles. The van der Waals surface area contributed by atoms with Crippen molar-refractivity contribution in [2.24, 2.45) is 0 Å². The smallest absolute Gasteiger partial charge is 0.293 e. The van der Waals surface area contributed by atoms with Crippen molar-refractivity contribution in [3.8, 4) is 6.07 Å². The van der Waals surface area contributed by atoms with Crippen LogP contribution in [0.25, 0.3) is 0 Å². The molecule has 0 spiro atoms. The molecule has 2 aromatic rings. The summed E-state index contributed by atoms with van der Waals surface area (Å²) in [7, 11) is 0. The van der Waals surface area contributed by atoms with E-state index in [-0.39, 0.29) is 16.9 Å². The van der Waals surface area contributed by atoms with Crippen LogP contribution in [0.5, 0.6) is 0 Å². The van der Waals surface area contributed by atoms with Crippen LogP contribution in [-0.2, 0) is 0 Å². The number of hydrogen-bond donors (Lipinski definition) is 1. The van der Waals surface area contributed by atoms with E-state index in [0.717, 1.165) is 18.2 Å². The van der Waals surface area contributed by atoms with Gasteiger partial charge in [-0.25, -0.2) is 8.78 Å². The van der Waals surface area contributed by atoms with Crippen LogP contribution in [0.2, 0.25) is 0 Å². The maximum atomic E-state index is 13.2. The Kier molecular flexibility index (Phi) is 4.32. The average molecular weight is 303 g/mol. The van der Waals surface area contributed by atoms with Crippen molar-refractivity contribution in [1.29, 1.82) is 5.26 Å². The van der Waals surface area contributed by atoms with Gasteiger partial charge in [-0.2, -0.15) is 5.26 Å². The van der Waals surface area contributed by atoms with Crippen molar-refractivity contribution in [3.05, 3.63) is 69.3 Å².